The summed E-state index contributed by atoms with van der Waals surface area (Å²) in [6.45, 7) is 5.79. The highest BCUT2D eigenvalue weighted by molar-refractivity contribution is 6.21. The minimum absolute atomic E-state index is 0.154. The van der Waals surface area contributed by atoms with E-state index in [0.29, 0.717) is 25.3 Å². The number of hydrogen-bond acceptors (Lipinski definition) is 4. The number of aromatic nitrogens is 1. The quantitative estimate of drug-likeness (QED) is 0.633. The van der Waals surface area contributed by atoms with E-state index in [9.17, 15) is 9.59 Å². The Morgan fingerprint density at radius 1 is 0.931 bits per heavy atom. The molecule has 3 amide bonds. The van der Waals surface area contributed by atoms with Gasteiger partial charge in [0.25, 0.3) is 5.91 Å². The highest BCUT2D eigenvalue weighted by atomic mass is 16.2. The number of nitrogens with zero attached hydrogens (tertiary/aromatic N) is 4. The monoisotopic (exact) mass is 386 g/mol. The second-order valence-corrected chi connectivity index (χ2v) is 7.63. The number of imide groups is 1. The molecule has 3 aromatic rings. The largest absolute Gasteiger partial charge is 0.366 e. The molecular formula is C23H22N4O2. The number of piperazine rings is 1. The molecule has 29 heavy (non-hydrogen) atoms. The van der Waals surface area contributed by atoms with Crippen LogP contribution in [0.15, 0.2) is 54.6 Å². The Morgan fingerprint density at radius 2 is 1.66 bits per heavy atom. The second-order valence-electron chi connectivity index (χ2n) is 7.63. The minimum Gasteiger partial charge on any atom is -0.366 e. The smallest absolute Gasteiger partial charge is 0.332 e. The van der Waals surface area contributed by atoms with E-state index >= 15 is 0 Å². The molecule has 6 nitrogen and oxygen atoms in total. The Balaban J connectivity index is 1.52. The van der Waals surface area contributed by atoms with Crippen LogP contribution in [0, 0.1) is 13.8 Å². The molecule has 0 aliphatic carbocycles. The second kappa shape index (κ2) is 6.58. The van der Waals surface area contributed by atoms with Crippen molar-refractivity contribution in [2.45, 2.75) is 19.9 Å². The number of rotatable bonds is 2. The van der Waals surface area contributed by atoms with Gasteiger partial charge >= 0.3 is 6.03 Å². The average Bonchev–Trinajstić information content (AvgIpc) is 2.99. The van der Waals surface area contributed by atoms with E-state index < -0.39 is 6.04 Å². The maximum absolute atomic E-state index is 13.2. The highest BCUT2D eigenvalue weighted by Gasteiger charge is 2.48. The number of carbonyl (C=O) groups excluding carboxylic acids is 2. The molecule has 0 radical (unpaired) electrons. The lowest BCUT2D eigenvalue weighted by molar-refractivity contribution is -0.119. The van der Waals surface area contributed by atoms with Gasteiger partial charge in [-0.2, -0.15) is 0 Å². The van der Waals surface area contributed by atoms with E-state index in [0.717, 1.165) is 27.8 Å². The van der Waals surface area contributed by atoms with Crippen LogP contribution in [0.1, 0.15) is 11.3 Å². The Bertz CT molecular complexity index is 1130. The van der Waals surface area contributed by atoms with Gasteiger partial charge in [0.05, 0.1) is 16.9 Å². The van der Waals surface area contributed by atoms with E-state index in [1.807, 2.05) is 43.3 Å². The van der Waals surface area contributed by atoms with Gasteiger partial charge in [0.15, 0.2) is 0 Å². The molecule has 1 atom stereocenters. The standard InChI is InChI=1S/C23H22N4O2/c1-15-16(2)24-19-11-7-6-10-18(19)21(15)25-12-13-26-20(14-25)22(28)27(23(26)29)17-8-4-3-5-9-17/h3-11,20H,12-14H2,1-2H3. The average molecular weight is 386 g/mol. The van der Waals surface area contributed by atoms with Crippen LogP contribution in [0.2, 0.25) is 0 Å². The van der Waals surface area contributed by atoms with Crippen molar-refractivity contribution < 1.29 is 9.59 Å². The predicted octanol–water partition coefficient (Wildman–Crippen LogP) is 3.51. The van der Waals surface area contributed by atoms with Crippen molar-refractivity contribution in [3.05, 3.63) is 65.9 Å². The van der Waals surface area contributed by atoms with E-state index in [1.165, 1.54) is 4.90 Å². The molecule has 0 N–H and O–H groups in total. The van der Waals surface area contributed by atoms with Crippen LogP contribution in [-0.2, 0) is 4.79 Å². The van der Waals surface area contributed by atoms with Gasteiger partial charge in [-0.05, 0) is 37.6 Å². The van der Waals surface area contributed by atoms with Gasteiger partial charge in [-0.1, -0.05) is 36.4 Å². The first-order valence-electron chi connectivity index (χ1n) is 9.87. The van der Waals surface area contributed by atoms with Crippen LogP contribution in [0.4, 0.5) is 16.2 Å². The maximum Gasteiger partial charge on any atom is 0.332 e. The third kappa shape index (κ3) is 2.67. The summed E-state index contributed by atoms with van der Waals surface area (Å²) in [4.78, 5) is 36.1. The number of amides is 3. The first-order valence-corrected chi connectivity index (χ1v) is 9.87. The van der Waals surface area contributed by atoms with Crippen molar-refractivity contribution in [3.63, 3.8) is 0 Å². The SMILES string of the molecule is Cc1nc2ccccc2c(N2CCN3C(=O)N(c4ccccc4)C(=O)C3C2)c1C. The van der Waals surface area contributed by atoms with E-state index in [-0.39, 0.29) is 11.9 Å². The van der Waals surface area contributed by atoms with Gasteiger partial charge in [-0.15, -0.1) is 0 Å². The van der Waals surface area contributed by atoms with Gasteiger partial charge in [0.2, 0.25) is 0 Å². The molecule has 3 heterocycles. The number of para-hydroxylation sites is 2. The van der Waals surface area contributed by atoms with Crippen molar-refractivity contribution in [3.8, 4) is 0 Å². The molecule has 6 heteroatoms. The summed E-state index contributed by atoms with van der Waals surface area (Å²) in [6, 6.07) is 16.6. The van der Waals surface area contributed by atoms with Gasteiger partial charge in [0, 0.05) is 30.7 Å². The van der Waals surface area contributed by atoms with Crippen LogP contribution < -0.4 is 9.80 Å². The number of anilines is 2. The molecule has 2 aromatic carbocycles. The number of pyridine rings is 1. The Morgan fingerprint density at radius 3 is 2.45 bits per heavy atom. The zero-order valence-electron chi connectivity index (χ0n) is 16.5. The molecule has 2 aliphatic heterocycles. The fourth-order valence-electron chi connectivity index (χ4n) is 4.43. The van der Waals surface area contributed by atoms with Gasteiger partial charge in [0.1, 0.15) is 6.04 Å². The molecule has 0 saturated carbocycles. The summed E-state index contributed by atoms with van der Waals surface area (Å²) in [7, 11) is 0. The van der Waals surface area contributed by atoms with Crippen molar-refractivity contribution in [2.24, 2.45) is 0 Å². The minimum atomic E-state index is -0.469. The topological polar surface area (TPSA) is 56.8 Å². The zero-order chi connectivity index (χ0) is 20.1. The Hall–Kier alpha value is -3.41. The molecule has 0 spiro atoms. The zero-order valence-corrected chi connectivity index (χ0v) is 16.5. The summed E-state index contributed by atoms with van der Waals surface area (Å²) in [5.74, 6) is -0.154. The fourth-order valence-corrected chi connectivity index (χ4v) is 4.43. The number of urea groups is 1. The summed E-state index contributed by atoms with van der Waals surface area (Å²) < 4.78 is 0. The van der Waals surface area contributed by atoms with Gasteiger partial charge < -0.3 is 9.80 Å². The third-order valence-electron chi connectivity index (χ3n) is 6.00. The lowest BCUT2D eigenvalue weighted by Gasteiger charge is -2.38. The number of benzene rings is 2. The van der Waals surface area contributed by atoms with Crippen LogP contribution in [0.25, 0.3) is 10.9 Å². The highest BCUT2D eigenvalue weighted by Crippen LogP contribution is 2.35. The van der Waals surface area contributed by atoms with E-state index in [2.05, 4.69) is 17.9 Å². The molecule has 1 unspecified atom stereocenters. The molecule has 1 aromatic heterocycles. The first kappa shape index (κ1) is 17.7. The molecule has 2 fully saturated rings. The maximum atomic E-state index is 13.2. The first-order chi connectivity index (χ1) is 14.1. The normalized spacial score (nSPS) is 19.2. The molecule has 5 rings (SSSR count). The number of carbonyl (C=O) groups is 2. The summed E-state index contributed by atoms with van der Waals surface area (Å²) in [5.41, 5.74) is 4.80. The summed E-state index contributed by atoms with van der Waals surface area (Å²) in [6.07, 6.45) is 0. The molecular weight excluding hydrogens is 364 g/mol. The Kier molecular flexibility index (Phi) is 4.01. The predicted molar refractivity (Wildman–Crippen MR) is 113 cm³/mol. The van der Waals surface area contributed by atoms with Crippen LogP contribution in [0.5, 0.6) is 0 Å². The van der Waals surface area contributed by atoms with Gasteiger partial charge in [-0.3, -0.25) is 9.78 Å². The van der Waals surface area contributed by atoms with Crippen LogP contribution >= 0.6 is 0 Å². The molecule has 2 aliphatic rings. The van der Waals surface area contributed by atoms with E-state index in [4.69, 9.17) is 4.98 Å². The van der Waals surface area contributed by atoms with Crippen LogP contribution in [0.3, 0.4) is 0 Å². The lowest BCUT2D eigenvalue weighted by atomic mass is 10.0. The van der Waals surface area contributed by atoms with Gasteiger partial charge in [-0.25, -0.2) is 9.69 Å². The molecule has 2 saturated heterocycles. The molecule has 0 bridgehead atoms. The van der Waals surface area contributed by atoms with Crippen molar-refractivity contribution in [1.82, 2.24) is 9.88 Å². The molecule has 146 valence electrons. The summed E-state index contributed by atoms with van der Waals surface area (Å²) in [5, 5.41) is 1.08. The fraction of sp³-hybridized carbons (Fsp3) is 0.261. The lowest BCUT2D eigenvalue weighted by Crippen LogP contribution is -2.53. The Labute approximate surface area is 169 Å². The van der Waals surface area contributed by atoms with Crippen molar-refractivity contribution in [1.29, 1.82) is 0 Å². The van der Waals surface area contributed by atoms with Crippen molar-refractivity contribution in [2.75, 3.05) is 29.4 Å². The van der Waals surface area contributed by atoms with Crippen molar-refractivity contribution >= 4 is 34.2 Å². The van der Waals surface area contributed by atoms with Crippen LogP contribution in [-0.4, -0.2) is 47.5 Å². The number of hydrogen-bond donors (Lipinski definition) is 0. The van der Waals surface area contributed by atoms with E-state index in [1.54, 1.807) is 17.0 Å². The summed E-state index contributed by atoms with van der Waals surface area (Å²) >= 11 is 0. The number of aryl methyl sites for hydroxylation is 1. The number of fused-ring (bicyclic) bond motifs is 2. The third-order valence-corrected chi connectivity index (χ3v) is 6.00.